The molecule has 0 aromatic heterocycles. The summed E-state index contributed by atoms with van der Waals surface area (Å²) in [6, 6.07) is 8.64. The number of esters is 1. The van der Waals surface area contributed by atoms with E-state index in [2.05, 4.69) is 20.8 Å². The molecule has 3 unspecified atom stereocenters. The van der Waals surface area contributed by atoms with Crippen LogP contribution in [-0.4, -0.2) is 17.9 Å². The summed E-state index contributed by atoms with van der Waals surface area (Å²) in [6.45, 7) is 6.50. The Bertz CT molecular complexity index is 507. The first-order chi connectivity index (χ1) is 10.5. The average molecular weight is 302 g/mol. The SMILES string of the molecule is CCC1CCC(C(C)C)C(OC(=O)C(=O)c2ccccc2)C1. The molecule has 0 spiro atoms. The number of carbonyl (C=O) groups is 2. The first-order valence-electron chi connectivity index (χ1n) is 8.33. The van der Waals surface area contributed by atoms with Crippen molar-refractivity contribution in [2.75, 3.05) is 0 Å². The fourth-order valence-electron chi connectivity index (χ4n) is 3.40. The minimum atomic E-state index is -0.710. The highest BCUT2D eigenvalue weighted by atomic mass is 16.5. The van der Waals surface area contributed by atoms with Gasteiger partial charge in [0.1, 0.15) is 6.10 Å². The van der Waals surface area contributed by atoms with E-state index in [0.717, 1.165) is 19.3 Å². The average Bonchev–Trinajstić information content (AvgIpc) is 2.54. The summed E-state index contributed by atoms with van der Waals surface area (Å²) >= 11 is 0. The quantitative estimate of drug-likeness (QED) is 0.463. The number of benzene rings is 1. The first-order valence-corrected chi connectivity index (χ1v) is 8.33. The molecule has 120 valence electrons. The molecule has 0 heterocycles. The number of rotatable bonds is 5. The lowest BCUT2D eigenvalue weighted by atomic mass is 9.74. The summed E-state index contributed by atoms with van der Waals surface area (Å²) in [7, 11) is 0. The predicted molar refractivity (Wildman–Crippen MR) is 86.6 cm³/mol. The molecule has 0 bridgehead atoms. The molecule has 0 aliphatic heterocycles. The van der Waals surface area contributed by atoms with Crippen molar-refractivity contribution in [2.45, 2.75) is 52.6 Å². The van der Waals surface area contributed by atoms with Crippen molar-refractivity contribution in [3.05, 3.63) is 35.9 Å². The van der Waals surface area contributed by atoms with Crippen LogP contribution in [0, 0.1) is 17.8 Å². The number of ether oxygens (including phenoxy) is 1. The van der Waals surface area contributed by atoms with Gasteiger partial charge in [-0.15, -0.1) is 0 Å². The zero-order valence-electron chi connectivity index (χ0n) is 13.7. The molecule has 1 aliphatic rings. The van der Waals surface area contributed by atoms with Gasteiger partial charge in [-0.05, 0) is 37.0 Å². The van der Waals surface area contributed by atoms with Crippen LogP contribution in [0.25, 0.3) is 0 Å². The minimum Gasteiger partial charge on any atom is -0.456 e. The second-order valence-corrected chi connectivity index (χ2v) is 6.63. The molecule has 3 atom stereocenters. The van der Waals surface area contributed by atoms with Crippen molar-refractivity contribution in [1.29, 1.82) is 0 Å². The van der Waals surface area contributed by atoms with Crippen LogP contribution >= 0.6 is 0 Å². The molecule has 1 aromatic rings. The Morgan fingerprint density at radius 1 is 1.18 bits per heavy atom. The Kier molecular flexibility index (Phi) is 5.76. The molecule has 1 aromatic carbocycles. The third kappa shape index (κ3) is 3.96. The van der Waals surface area contributed by atoms with Gasteiger partial charge in [-0.2, -0.15) is 0 Å². The molecule has 1 aliphatic carbocycles. The number of hydrogen-bond donors (Lipinski definition) is 0. The van der Waals surface area contributed by atoms with Gasteiger partial charge in [0, 0.05) is 5.56 Å². The Morgan fingerprint density at radius 2 is 1.86 bits per heavy atom. The molecular weight excluding hydrogens is 276 g/mol. The Hall–Kier alpha value is -1.64. The van der Waals surface area contributed by atoms with Crippen molar-refractivity contribution in [3.63, 3.8) is 0 Å². The molecule has 1 fully saturated rings. The normalized spacial score (nSPS) is 25.0. The molecule has 0 amide bonds. The Labute approximate surface area is 133 Å². The van der Waals surface area contributed by atoms with Crippen molar-refractivity contribution in [2.24, 2.45) is 17.8 Å². The van der Waals surface area contributed by atoms with Gasteiger partial charge in [0.15, 0.2) is 0 Å². The van der Waals surface area contributed by atoms with Crippen LogP contribution in [0.15, 0.2) is 30.3 Å². The van der Waals surface area contributed by atoms with Crippen LogP contribution in [0.4, 0.5) is 0 Å². The lowest BCUT2D eigenvalue weighted by Crippen LogP contribution is -2.37. The van der Waals surface area contributed by atoms with E-state index in [9.17, 15) is 9.59 Å². The molecule has 2 rings (SSSR count). The summed E-state index contributed by atoms with van der Waals surface area (Å²) in [6.07, 6.45) is 4.13. The molecule has 0 radical (unpaired) electrons. The van der Waals surface area contributed by atoms with Gasteiger partial charge in [-0.1, -0.05) is 57.5 Å². The van der Waals surface area contributed by atoms with Crippen LogP contribution in [0.5, 0.6) is 0 Å². The van der Waals surface area contributed by atoms with E-state index in [-0.39, 0.29) is 6.10 Å². The van der Waals surface area contributed by atoms with Gasteiger partial charge in [0.2, 0.25) is 0 Å². The summed E-state index contributed by atoms with van der Waals surface area (Å²) in [5.41, 5.74) is 0.399. The van der Waals surface area contributed by atoms with Gasteiger partial charge >= 0.3 is 5.97 Å². The highest BCUT2D eigenvalue weighted by molar-refractivity contribution is 6.40. The van der Waals surface area contributed by atoms with Gasteiger partial charge < -0.3 is 4.74 Å². The number of Topliss-reactive ketones (excluding diaryl/α,β-unsaturated/α-hetero) is 1. The number of hydrogen-bond acceptors (Lipinski definition) is 3. The van der Waals surface area contributed by atoms with E-state index in [1.807, 2.05) is 6.07 Å². The van der Waals surface area contributed by atoms with Crippen molar-refractivity contribution < 1.29 is 14.3 Å². The fourth-order valence-corrected chi connectivity index (χ4v) is 3.40. The summed E-state index contributed by atoms with van der Waals surface area (Å²) < 4.78 is 5.63. The third-order valence-corrected chi connectivity index (χ3v) is 4.86. The van der Waals surface area contributed by atoms with Crippen molar-refractivity contribution >= 4 is 11.8 Å². The molecule has 3 heteroatoms. The summed E-state index contributed by atoms with van der Waals surface area (Å²) in [5, 5.41) is 0. The van der Waals surface area contributed by atoms with E-state index >= 15 is 0 Å². The van der Waals surface area contributed by atoms with Gasteiger partial charge in [0.05, 0.1) is 0 Å². The zero-order valence-corrected chi connectivity index (χ0v) is 13.7. The van der Waals surface area contributed by atoms with Crippen molar-refractivity contribution in [3.8, 4) is 0 Å². The summed E-state index contributed by atoms with van der Waals surface area (Å²) in [4.78, 5) is 24.4. The molecule has 0 N–H and O–H groups in total. The maximum atomic E-state index is 12.2. The monoisotopic (exact) mass is 302 g/mol. The second-order valence-electron chi connectivity index (χ2n) is 6.63. The molecule has 22 heavy (non-hydrogen) atoms. The summed E-state index contributed by atoms with van der Waals surface area (Å²) in [5.74, 6) is 0.165. The van der Waals surface area contributed by atoms with E-state index in [4.69, 9.17) is 4.74 Å². The highest BCUT2D eigenvalue weighted by Gasteiger charge is 2.35. The number of ketones is 1. The van der Waals surface area contributed by atoms with Crippen LogP contribution in [0.1, 0.15) is 56.8 Å². The Balaban J connectivity index is 2.05. The molecule has 1 saturated carbocycles. The fraction of sp³-hybridized carbons (Fsp3) is 0.579. The molecule has 3 nitrogen and oxygen atoms in total. The van der Waals surface area contributed by atoms with Crippen LogP contribution in [0.2, 0.25) is 0 Å². The minimum absolute atomic E-state index is 0.126. The Morgan fingerprint density at radius 3 is 2.45 bits per heavy atom. The maximum Gasteiger partial charge on any atom is 0.379 e. The van der Waals surface area contributed by atoms with Crippen LogP contribution < -0.4 is 0 Å². The van der Waals surface area contributed by atoms with Gasteiger partial charge in [0.25, 0.3) is 5.78 Å². The largest absolute Gasteiger partial charge is 0.456 e. The highest BCUT2D eigenvalue weighted by Crippen LogP contribution is 2.36. The van der Waals surface area contributed by atoms with E-state index in [1.54, 1.807) is 24.3 Å². The van der Waals surface area contributed by atoms with Gasteiger partial charge in [-0.3, -0.25) is 4.79 Å². The molecular formula is C19H26O3. The predicted octanol–water partition coefficient (Wildman–Crippen LogP) is 4.26. The first kappa shape index (κ1) is 16.7. The van der Waals surface area contributed by atoms with E-state index in [1.165, 1.54) is 6.42 Å². The van der Waals surface area contributed by atoms with Crippen LogP contribution in [0.3, 0.4) is 0 Å². The lowest BCUT2D eigenvalue weighted by molar-refractivity contribution is -0.150. The maximum absolute atomic E-state index is 12.2. The van der Waals surface area contributed by atoms with E-state index < -0.39 is 11.8 Å². The third-order valence-electron chi connectivity index (χ3n) is 4.86. The standard InChI is InChI=1S/C19H26O3/c1-4-14-10-11-16(13(2)3)17(12-14)22-19(21)18(20)15-8-6-5-7-9-15/h5-9,13-14,16-17H,4,10-12H2,1-3H3. The number of carbonyl (C=O) groups excluding carboxylic acids is 2. The van der Waals surface area contributed by atoms with Crippen molar-refractivity contribution in [1.82, 2.24) is 0 Å². The zero-order chi connectivity index (χ0) is 16.1. The van der Waals surface area contributed by atoms with Gasteiger partial charge in [-0.25, -0.2) is 4.79 Å². The van der Waals surface area contributed by atoms with Crippen LogP contribution in [-0.2, 0) is 9.53 Å². The smallest absolute Gasteiger partial charge is 0.379 e. The topological polar surface area (TPSA) is 43.4 Å². The second kappa shape index (κ2) is 7.57. The van der Waals surface area contributed by atoms with E-state index in [0.29, 0.717) is 23.3 Å². The molecule has 0 saturated heterocycles. The lowest BCUT2D eigenvalue weighted by Gasteiger charge is -2.37.